The summed E-state index contributed by atoms with van der Waals surface area (Å²) in [5.74, 6) is 0.534. The number of aromatic nitrogens is 3. The second-order valence-electron chi connectivity index (χ2n) is 3.15. The summed E-state index contributed by atoms with van der Waals surface area (Å²) in [6.07, 6.45) is 1.86. The van der Waals surface area contributed by atoms with Crippen LogP contribution in [0.15, 0.2) is 29.4 Å². The predicted molar refractivity (Wildman–Crippen MR) is 65.3 cm³/mol. The number of hydrogen-bond donors (Lipinski definition) is 1. The molecule has 88 valence electrons. The van der Waals surface area contributed by atoms with E-state index in [2.05, 4.69) is 15.0 Å². The van der Waals surface area contributed by atoms with Gasteiger partial charge in [0, 0.05) is 0 Å². The van der Waals surface area contributed by atoms with Crippen molar-refractivity contribution in [3.05, 3.63) is 24.3 Å². The van der Waals surface area contributed by atoms with E-state index in [1.165, 1.54) is 18.9 Å². The SMILES string of the molecule is COc1nc(SC)nc(-c2ccccc2O)n1. The van der Waals surface area contributed by atoms with Crippen LogP contribution in [0.5, 0.6) is 11.8 Å². The maximum Gasteiger partial charge on any atom is 0.320 e. The standard InChI is InChI=1S/C11H11N3O2S/c1-16-10-12-9(13-11(14-10)17-2)7-5-3-4-6-8(7)15/h3-6,15H,1-2H3. The summed E-state index contributed by atoms with van der Waals surface area (Å²) in [6.45, 7) is 0. The number of phenolic OH excluding ortho intramolecular Hbond substituents is 1. The van der Waals surface area contributed by atoms with Crippen LogP contribution in [0.2, 0.25) is 0 Å². The maximum absolute atomic E-state index is 9.74. The minimum absolute atomic E-state index is 0.132. The quantitative estimate of drug-likeness (QED) is 0.839. The molecule has 0 aliphatic rings. The highest BCUT2D eigenvalue weighted by Gasteiger charge is 2.11. The summed E-state index contributed by atoms with van der Waals surface area (Å²) in [7, 11) is 1.49. The van der Waals surface area contributed by atoms with Gasteiger partial charge in [-0.15, -0.1) is 0 Å². The zero-order valence-electron chi connectivity index (χ0n) is 9.41. The van der Waals surface area contributed by atoms with Crippen molar-refractivity contribution in [1.82, 2.24) is 15.0 Å². The molecule has 1 N–H and O–H groups in total. The van der Waals surface area contributed by atoms with Crippen LogP contribution < -0.4 is 4.74 Å². The Morgan fingerprint density at radius 3 is 2.59 bits per heavy atom. The zero-order valence-corrected chi connectivity index (χ0v) is 10.2. The molecule has 1 heterocycles. The third-order valence-electron chi connectivity index (χ3n) is 2.10. The third kappa shape index (κ3) is 2.47. The predicted octanol–water partition coefficient (Wildman–Crippen LogP) is 1.97. The first-order valence-corrected chi connectivity index (χ1v) is 6.09. The van der Waals surface area contributed by atoms with E-state index in [1.54, 1.807) is 18.2 Å². The summed E-state index contributed by atoms with van der Waals surface area (Å²) in [6, 6.07) is 7.12. The topological polar surface area (TPSA) is 68.1 Å². The van der Waals surface area contributed by atoms with Crippen LogP contribution in [0.25, 0.3) is 11.4 Å². The zero-order chi connectivity index (χ0) is 12.3. The van der Waals surface area contributed by atoms with Crippen LogP contribution in [0.1, 0.15) is 0 Å². The molecule has 0 saturated carbocycles. The third-order valence-corrected chi connectivity index (χ3v) is 2.65. The Morgan fingerprint density at radius 1 is 1.18 bits per heavy atom. The van der Waals surface area contributed by atoms with Crippen LogP contribution in [0, 0.1) is 0 Å². The molecular weight excluding hydrogens is 238 g/mol. The fraction of sp³-hybridized carbons (Fsp3) is 0.182. The Hall–Kier alpha value is -1.82. The lowest BCUT2D eigenvalue weighted by molar-refractivity contribution is 0.373. The van der Waals surface area contributed by atoms with Gasteiger partial charge in [-0.25, -0.2) is 4.98 Å². The number of aromatic hydroxyl groups is 1. The summed E-state index contributed by atoms with van der Waals surface area (Å²) < 4.78 is 5.00. The van der Waals surface area contributed by atoms with Crippen LogP contribution >= 0.6 is 11.8 Å². The second-order valence-corrected chi connectivity index (χ2v) is 3.92. The van der Waals surface area contributed by atoms with Crippen LogP contribution in [-0.2, 0) is 0 Å². The normalized spacial score (nSPS) is 10.2. The maximum atomic E-state index is 9.74. The molecule has 0 atom stereocenters. The van der Waals surface area contributed by atoms with E-state index in [9.17, 15) is 5.11 Å². The van der Waals surface area contributed by atoms with Crippen molar-refractivity contribution in [3.8, 4) is 23.1 Å². The van der Waals surface area contributed by atoms with Crippen molar-refractivity contribution in [2.45, 2.75) is 5.16 Å². The molecule has 0 spiro atoms. The van der Waals surface area contributed by atoms with E-state index in [0.717, 1.165) is 0 Å². The van der Waals surface area contributed by atoms with Gasteiger partial charge in [0.25, 0.3) is 0 Å². The number of nitrogens with zero attached hydrogens (tertiary/aromatic N) is 3. The summed E-state index contributed by atoms with van der Waals surface area (Å²) in [5.41, 5.74) is 0.559. The van der Waals surface area contributed by atoms with Gasteiger partial charge in [-0.2, -0.15) is 9.97 Å². The number of ether oxygens (including phenoxy) is 1. The lowest BCUT2D eigenvalue weighted by Gasteiger charge is -2.05. The highest BCUT2D eigenvalue weighted by Crippen LogP contribution is 2.27. The molecule has 0 saturated heterocycles. The van der Waals surface area contributed by atoms with Gasteiger partial charge < -0.3 is 9.84 Å². The Labute approximate surface area is 103 Å². The van der Waals surface area contributed by atoms with Crippen molar-refractivity contribution >= 4 is 11.8 Å². The second kappa shape index (κ2) is 5.01. The number of hydrogen-bond acceptors (Lipinski definition) is 6. The van der Waals surface area contributed by atoms with Crippen molar-refractivity contribution in [1.29, 1.82) is 0 Å². The Morgan fingerprint density at radius 2 is 1.94 bits per heavy atom. The number of thioether (sulfide) groups is 1. The molecule has 17 heavy (non-hydrogen) atoms. The molecule has 0 fully saturated rings. The van der Waals surface area contributed by atoms with E-state index in [0.29, 0.717) is 16.5 Å². The average molecular weight is 249 g/mol. The minimum Gasteiger partial charge on any atom is -0.507 e. The van der Waals surface area contributed by atoms with E-state index < -0.39 is 0 Å². The fourth-order valence-electron chi connectivity index (χ4n) is 1.30. The molecule has 0 bridgehead atoms. The summed E-state index contributed by atoms with van der Waals surface area (Å²) >= 11 is 1.39. The van der Waals surface area contributed by atoms with Crippen LogP contribution in [-0.4, -0.2) is 33.4 Å². The molecule has 0 unspecified atom stereocenters. The fourth-order valence-corrected chi connectivity index (χ4v) is 1.65. The van der Waals surface area contributed by atoms with Crippen molar-refractivity contribution in [2.75, 3.05) is 13.4 Å². The molecule has 6 heteroatoms. The number of para-hydroxylation sites is 1. The van der Waals surface area contributed by atoms with E-state index in [4.69, 9.17) is 4.74 Å². The van der Waals surface area contributed by atoms with Crippen LogP contribution in [0.3, 0.4) is 0 Å². The number of benzene rings is 1. The van der Waals surface area contributed by atoms with E-state index >= 15 is 0 Å². The smallest absolute Gasteiger partial charge is 0.320 e. The van der Waals surface area contributed by atoms with Gasteiger partial charge >= 0.3 is 6.01 Å². The summed E-state index contributed by atoms with van der Waals surface area (Å²) in [5, 5.41) is 10.3. The largest absolute Gasteiger partial charge is 0.507 e. The Bertz CT molecular complexity index is 512. The molecule has 0 aliphatic carbocycles. The molecule has 2 rings (SSSR count). The first-order valence-electron chi connectivity index (χ1n) is 4.87. The first-order chi connectivity index (χ1) is 8.24. The molecule has 1 aromatic heterocycles. The van der Waals surface area contributed by atoms with Gasteiger partial charge in [-0.05, 0) is 18.4 Å². The molecule has 0 aliphatic heterocycles. The molecule has 0 amide bonds. The minimum atomic E-state index is 0.132. The van der Waals surface area contributed by atoms with Gasteiger partial charge in [-0.3, -0.25) is 0 Å². The van der Waals surface area contributed by atoms with Gasteiger partial charge in [0.15, 0.2) is 11.0 Å². The lowest BCUT2D eigenvalue weighted by atomic mass is 10.2. The molecule has 2 aromatic rings. The molecular formula is C11H11N3O2S. The summed E-state index contributed by atoms with van der Waals surface area (Å²) in [4.78, 5) is 12.4. The van der Waals surface area contributed by atoms with E-state index in [-0.39, 0.29) is 11.8 Å². The van der Waals surface area contributed by atoms with Gasteiger partial charge in [0.05, 0.1) is 12.7 Å². The highest BCUT2D eigenvalue weighted by atomic mass is 32.2. The number of rotatable bonds is 3. The van der Waals surface area contributed by atoms with Crippen LogP contribution in [0.4, 0.5) is 0 Å². The van der Waals surface area contributed by atoms with E-state index in [1.807, 2.05) is 12.3 Å². The van der Waals surface area contributed by atoms with Crippen molar-refractivity contribution < 1.29 is 9.84 Å². The van der Waals surface area contributed by atoms with Crippen molar-refractivity contribution in [3.63, 3.8) is 0 Å². The van der Waals surface area contributed by atoms with Gasteiger partial charge in [0.2, 0.25) is 0 Å². The molecule has 1 aromatic carbocycles. The number of phenols is 1. The molecule has 0 radical (unpaired) electrons. The first kappa shape index (κ1) is 11.7. The van der Waals surface area contributed by atoms with Crippen molar-refractivity contribution in [2.24, 2.45) is 0 Å². The highest BCUT2D eigenvalue weighted by molar-refractivity contribution is 7.98. The lowest BCUT2D eigenvalue weighted by Crippen LogP contribution is -1.99. The molecule has 5 nitrogen and oxygen atoms in total. The monoisotopic (exact) mass is 249 g/mol. The number of methoxy groups -OCH3 is 1. The Balaban J connectivity index is 2.55. The van der Waals surface area contributed by atoms with Gasteiger partial charge in [0.1, 0.15) is 5.75 Å². The average Bonchev–Trinajstić information content (AvgIpc) is 2.38. The Kier molecular flexibility index (Phi) is 3.43. The van der Waals surface area contributed by atoms with Gasteiger partial charge in [-0.1, -0.05) is 23.9 Å².